The molecule has 1 aromatic heterocycles. The molecule has 0 spiro atoms. The topological polar surface area (TPSA) is 74.2 Å². The van der Waals surface area contributed by atoms with Gasteiger partial charge >= 0.3 is 0 Å². The fourth-order valence-corrected chi connectivity index (χ4v) is 2.17. The maximum Gasteiger partial charge on any atom is 0.127 e. The van der Waals surface area contributed by atoms with Crippen LogP contribution >= 0.6 is 0 Å². The average Bonchev–Trinajstić information content (AvgIpc) is 2.47. The molecule has 0 aliphatic heterocycles. The molecule has 0 bridgehead atoms. The van der Waals surface area contributed by atoms with E-state index in [1.54, 1.807) is 12.3 Å². The van der Waals surface area contributed by atoms with E-state index in [0.717, 1.165) is 27.8 Å². The van der Waals surface area contributed by atoms with Crippen LogP contribution in [0.15, 0.2) is 54.7 Å². The van der Waals surface area contributed by atoms with E-state index in [1.165, 1.54) is 0 Å². The first-order valence-corrected chi connectivity index (χ1v) is 6.34. The third-order valence-electron chi connectivity index (χ3n) is 3.16. The van der Waals surface area contributed by atoms with Gasteiger partial charge in [0.25, 0.3) is 0 Å². The Morgan fingerprint density at radius 1 is 0.950 bits per heavy atom. The van der Waals surface area contributed by atoms with Gasteiger partial charge in [0.2, 0.25) is 0 Å². The van der Waals surface area contributed by atoms with Crippen LogP contribution in [0.5, 0.6) is 5.75 Å². The van der Waals surface area contributed by atoms with E-state index >= 15 is 0 Å². The number of nitrogens with zero attached hydrogens (tertiary/aromatic N) is 1. The summed E-state index contributed by atoms with van der Waals surface area (Å²) in [5.74, 6) is 1.30. The quantitative estimate of drug-likeness (QED) is 0.714. The zero-order valence-electron chi connectivity index (χ0n) is 10.9. The zero-order valence-corrected chi connectivity index (χ0v) is 10.9. The molecule has 0 aliphatic carbocycles. The highest BCUT2D eigenvalue weighted by atomic mass is 16.5. The van der Waals surface area contributed by atoms with Gasteiger partial charge in [-0.05, 0) is 29.8 Å². The Hall–Kier alpha value is -2.75. The molecule has 4 heteroatoms. The van der Waals surface area contributed by atoms with Crippen LogP contribution in [0.1, 0.15) is 5.56 Å². The van der Waals surface area contributed by atoms with Crippen molar-refractivity contribution in [1.29, 1.82) is 0 Å². The fraction of sp³-hybridized carbons (Fsp3) is 0.0625. The molecule has 0 radical (unpaired) electrons. The van der Waals surface area contributed by atoms with Crippen LogP contribution in [-0.4, -0.2) is 4.98 Å². The SMILES string of the molecule is Nc1cc(COc2ccc(N)c3ccccc23)ccn1. The van der Waals surface area contributed by atoms with Crippen molar-refractivity contribution >= 4 is 22.3 Å². The molecular weight excluding hydrogens is 250 g/mol. The van der Waals surface area contributed by atoms with Crippen LogP contribution in [0, 0.1) is 0 Å². The van der Waals surface area contributed by atoms with Gasteiger partial charge in [-0.15, -0.1) is 0 Å². The summed E-state index contributed by atoms with van der Waals surface area (Å²) in [5.41, 5.74) is 13.4. The van der Waals surface area contributed by atoms with Gasteiger partial charge in [0.1, 0.15) is 18.2 Å². The number of rotatable bonds is 3. The van der Waals surface area contributed by atoms with Crippen molar-refractivity contribution in [3.05, 3.63) is 60.3 Å². The summed E-state index contributed by atoms with van der Waals surface area (Å²) in [6.45, 7) is 0.445. The Bertz CT molecular complexity index is 756. The lowest BCUT2D eigenvalue weighted by molar-refractivity contribution is 0.310. The minimum Gasteiger partial charge on any atom is -0.488 e. The number of hydrogen-bond donors (Lipinski definition) is 2. The number of pyridine rings is 1. The van der Waals surface area contributed by atoms with Crippen molar-refractivity contribution in [2.75, 3.05) is 11.5 Å². The van der Waals surface area contributed by atoms with Crippen molar-refractivity contribution in [2.45, 2.75) is 6.61 Å². The first kappa shape index (κ1) is 12.3. The van der Waals surface area contributed by atoms with E-state index in [2.05, 4.69) is 4.98 Å². The molecule has 4 N–H and O–H groups in total. The van der Waals surface area contributed by atoms with Gasteiger partial charge in [0.15, 0.2) is 0 Å². The van der Waals surface area contributed by atoms with Crippen LogP contribution < -0.4 is 16.2 Å². The minimum absolute atomic E-state index is 0.445. The lowest BCUT2D eigenvalue weighted by Gasteiger charge is -2.11. The normalized spacial score (nSPS) is 10.6. The summed E-state index contributed by atoms with van der Waals surface area (Å²) < 4.78 is 5.88. The summed E-state index contributed by atoms with van der Waals surface area (Å²) in [7, 11) is 0. The molecule has 0 saturated carbocycles. The second-order valence-electron chi connectivity index (χ2n) is 4.58. The first-order valence-electron chi connectivity index (χ1n) is 6.34. The zero-order chi connectivity index (χ0) is 13.9. The van der Waals surface area contributed by atoms with Crippen LogP contribution in [0.4, 0.5) is 11.5 Å². The standard InChI is InChI=1S/C16H15N3O/c17-14-5-6-15(13-4-2-1-3-12(13)14)20-10-11-7-8-19-16(18)9-11/h1-9H,10,17H2,(H2,18,19). The Kier molecular flexibility index (Phi) is 3.13. The third kappa shape index (κ3) is 2.36. The number of hydrogen-bond acceptors (Lipinski definition) is 4. The van der Waals surface area contributed by atoms with E-state index in [0.29, 0.717) is 12.4 Å². The predicted molar refractivity (Wildman–Crippen MR) is 81.3 cm³/mol. The van der Waals surface area contributed by atoms with Crippen molar-refractivity contribution in [2.24, 2.45) is 0 Å². The Morgan fingerprint density at radius 2 is 1.75 bits per heavy atom. The molecule has 3 rings (SSSR count). The molecule has 4 nitrogen and oxygen atoms in total. The van der Waals surface area contributed by atoms with E-state index in [9.17, 15) is 0 Å². The number of nitrogens with two attached hydrogens (primary N) is 2. The van der Waals surface area contributed by atoms with Gasteiger partial charge in [-0.3, -0.25) is 0 Å². The summed E-state index contributed by atoms with van der Waals surface area (Å²) in [4.78, 5) is 3.96. The molecule has 2 aromatic carbocycles. The summed E-state index contributed by atoms with van der Waals surface area (Å²) in [6.07, 6.45) is 1.68. The van der Waals surface area contributed by atoms with Crippen LogP contribution in [0.25, 0.3) is 10.8 Å². The maximum absolute atomic E-state index is 5.97. The van der Waals surface area contributed by atoms with Crippen molar-refractivity contribution in [1.82, 2.24) is 4.98 Å². The number of nitrogen functional groups attached to an aromatic ring is 2. The number of aromatic nitrogens is 1. The third-order valence-corrected chi connectivity index (χ3v) is 3.16. The largest absolute Gasteiger partial charge is 0.488 e. The van der Waals surface area contributed by atoms with E-state index in [4.69, 9.17) is 16.2 Å². The molecule has 20 heavy (non-hydrogen) atoms. The van der Waals surface area contributed by atoms with Crippen LogP contribution in [-0.2, 0) is 6.61 Å². The van der Waals surface area contributed by atoms with Gasteiger partial charge in [-0.25, -0.2) is 4.98 Å². The summed E-state index contributed by atoms with van der Waals surface area (Å²) in [6, 6.07) is 15.4. The molecule has 0 saturated heterocycles. The molecule has 3 aromatic rings. The molecule has 0 fully saturated rings. The number of ether oxygens (including phenoxy) is 1. The Morgan fingerprint density at radius 3 is 2.55 bits per heavy atom. The van der Waals surface area contributed by atoms with Crippen LogP contribution in [0.3, 0.4) is 0 Å². The van der Waals surface area contributed by atoms with E-state index < -0.39 is 0 Å². The summed E-state index contributed by atoms with van der Waals surface area (Å²) in [5, 5.41) is 2.01. The van der Waals surface area contributed by atoms with Gasteiger partial charge in [-0.1, -0.05) is 24.3 Å². The molecule has 100 valence electrons. The molecule has 0 atom stereocenters. The summed E-state index contributed by atoms with van der Waals surface area (Å²) >= 11 is 0. The smallest absolute Gasteiger partial charge is 0.127 e. The molecular formula is C16H15N3O. The van der Waals surface area contributed by atoms with Gasteiger partial charge in [0, 0.05) is 22.7 Å². The first-order chi connectivity index (χ1) is 9.74. The molecule has 0 amide bonds. The van der Waals surface area contributed by atoms with Crippen molar-refractivity contribution < 1.29 is 4.74 Å². The predicted octanol–water partition coefficient (Wildman–Crippen LogP) is 2.98. The van der Waals surface area contributed by atoms with Crippen molar-refractivity contribution in [3.63, 3.8) is 0 Å². The monoisotopic (exact) mass is 265 g/mol. The average molecular weight is 265 g/mol. The highest BCUT2D eigenvalue weighted by Crippen LogP contribution is 2.30. The van der Waals surface area contributed by atoms with Gasteiger partial charge < -0.3 is 16.2 Å². The maximum atomic E-state index is 5.97. The Labute approximate surface area is 117 Å². The van der Waals surface area contributed by atoms with Crippen molar-refractivity contribution in [3.8, 4) is 5.75 Å². The second-order valence-corrected chi connectivity index (χ2v) is 4.58. The van der Waals surface area contributed by atoms with E-state index in [1.807, 2.05) is 42.5 Å². The van der Waals surface area contributed by atoms with Gasteiger partial charge in [0.05, 0.1) is 0 Å². The number of benzene rings is 2. The number of anilines is 2. The highest BCUT2D eigenvalue weighted by molar-refractivity contribution is 5.96. The lowest BCUT2D eigenvalue weighted by atomic mass is 10.1. The molecule has 1 heterocycles. The fourth-order valence-electron chi connectivity index (χ4n) is 2.17. The highest BCUT2D eigenvalue weighted by Gasteiger charge is 2.05. The van der Waals surface area contributed by atoms with Gasteiger partial charge in [-0.2, -0.15) is 0 Å². The molecule has 0 aliphatic rings. The minimum atomic E-state index is 0.445. The Balaban J connectivity index is 1.90. The second kappa shape index (κ2) is 5.09. The van der Waals surface area contributed by atoms with E-state index in [-0.39, 0.29) is 0 Å². The number of fused-ring (bicyclic) bond motifs is 1. The molecule has 0 unspecified atom stereocenters. The van der Waals surface area contributed by atoms with Crippen LogP contribution in [0.2, 0.25) is 0 Å². The lowest BCUT2D eigenvalue weighted by Crippen LogP contribution is -1.99.